The summed E-state index contributed by atoms with van der Waals surface area (Å²) in [5.74, 6) is 2.18. The van der Waals surface area contributed by atoms with Gasteiger partial charge in [-0.2, -0.15) is 0 Å². The van der Waals surface area contributed by atoms with Gasteiger partial charge in [-0.15, -0.1) is 0 Å². The van der Waals surface area contributed by atoms with Crippen LogP contribution in [0.1, 0.15) is 23.1 Å². The first-order valence-corrected chi connectivity index (χ1v) is 9.70. The molecule has 4 nitrogen and oxygen atoms in total. The monoisotopic (exact) mass is 366 g/mol. The molecular formula is C24H22N4. The summed E-state index contributed by atoms with van der Waals surface area (Å²) in [7, 11) is 0. The number of hydrogen-bond donors (Lipinski definition) is 1. The van der Waals surface area contributed by atoms with Crippen LogP contribution in [0.25, 0.3) is 16.7 Å². The Morgan fingerprint density at radius 1 is 1.14 bits per heavy atom. The number of fused-ring (bicyclic) bond motifs is 3. The van der Waals surface area contributed by atoms with Crippen molar-refractivity contribution in [3.05, 3.63) is 77.2 Å². The SMILES string of the molecule is Cc1cccc(C)c1-c1cnc2c(c1)C(C1=CC3C=CN=C(C3)N=C1)=CCN2. The second-order valence-corrected chi connectivity index (χ2v) is 7.52. The fraction of sp³-hybridized carbons (Fsp3) is 0.208. The molecule has 2 bridgehead atoms. The van der Waals surface area contributed by atoms with Crippen molar-refractivity contribution in [1.29, 1.82) is 0 Å². The molecule has 0 saturated heterocycles. The molecule has 0 amide bonds. The Balaban J connectivity index is 1.62. The predicted octanol–water partition coefficient (Wildman–Crippen LogP) is 5.12. The topological polar surface area (TPSA) is 49.6 Å². The number of benzene rings is 1. The molecule has 3 aliphatic rings. The van der Waals surface area contributed by atoms with Gasteiger partial charge in [-0.3, -0.25) is 0 Å². The summed E-state index contributed by atoms with van der Waals surface area (Å²) in [6.45, 7) is 5.08. The third kappa shape index (κ3) is 2.91. The van der Waals surface area contributed by atoms with Crippen molar-refractivity contribution in [3.63, 3.8) is 0 Å². The number of pyridine rings is 1. The molecule has 2 aromatic rings. The highest BCUT2D eigenvalue weighted by atomic mass is 15.0. The van der Waals surface area contributed by atoms with Crippen LogP contribution in [0.2, 0.25) is 0 Å². The Hall–Kier alpha value is -3.27. The van der Waals surface area contributed by atoms with E-state index in [0.717, 1.165) is 41.3 Å². The third-order valence-corrected chi connectivity index (χ3v) is 5.56. The first-order valence-electron chi connectivity index (χ1n) is 9.70. The van der Waals surface area contributed by atoms with Crippen LogP contribution in [0.3, 0.4) is 0 Å². The zero-order valence-electron chi connectivity index (χ0n) is 16.1. The van der Waals surface area contributed by atoms with Crippen molar-refractivity contribution in [3.8, 4) is 11.1 Å². The maximum Gasteiger partial charge on any atom is 0.134 e. The lowest BCUT2D eigenvalue weighted by atomic mass is 9.90. The maximum atomic E-state index is 4.75. The van der Waals surface area contributed by atoms with Crippen LogP contribution >= 0.6 is 0 Å². The molecule has 4 heteroatoms. The fourth-order valence-corrected chi connectivity index (χ4v) is 4.20. The van der Waals surface area contributed by atoms with Crippen LogP contribution in [0.5, 0.6) is 0 Å². The summed E-state index contributed by atoms with van der Waals surface area (Å²) in [6, 6.07) is 8.68. The summed E-state index contributed by atoms with van der Waals surface area (Å²) in [4.78, 5) is 13.7. The van der Waals surface area contributed by atoms with Crippen LogP contribution < -0.4 is 5.32 Å². The van der Waals surface area contributed by atoms with E-state index < -0.39 is 0 Å². The average Bonchev–Trinajstić information content (AvgIpc) is 2.85. The van der Waals surface area contributed by atoms with Crippen LogP contribution in [0, 0.1) is 19.8 Å². The second-order valence-electron chi connectivity index (χ2n) is 7.52. The number of aryl methyl sites for hydroxylation is 2. The Kier molecular flexibility index (Phi) is 4.05. The van der Waals surface area contributed by atoms with Gasteiger partial charge in [0.25, 0.3) is 0 Å². The Morgan fingerprint density at radius 3 is 2.86 bits per heavy atom. The lowest BCUT2D eigenvalue weighted by Gasteiger charge is -2.21. The fourth-order valence-electron chi connectivity index (χ4n) is 4.20. The minimum Gasteiger partial charge on any atom is -0.366 e. The van der Waals surface area contributed by atoms with E-state index in [-0.39, 0.29) is 0 Å². The van der Waals surface area contributed by atoms with Gasteiger partial charge >= 0.3 is 0 Å². The minimum absolute atomic E-state index is 0.346. The van der Waals surface area contributed by atoms with Gasteiger partial charge in [0.2, 0.25) is 0 Å². The summed E-state index contributed by atoms with van der Waals surface area (Å²) >= 11 is 0. The van der Waals surface area contributed by atoms with E-state index in [4.69, 9.17) is 4.98 Å². The van der Waals surface area contributed by atoms with E-state index in [1.807, 2.05) is 18.6 Å². The largest absolute Gasteiger partial charge is 0.366 e. The molecule has 1 aromatic carbocycles. The molecule has 0 radical (unpaired) electrons. The Bertz CT molecular complexity index is 1100. The third-order valence-electron chi connectivity index (χ3n) is 5.56. The molecular weight excluding hydrogens is 344 g/mol. The van der Waals surface area contributed by atoms with Gasteiger partial charge < -0.3 is 5.32 Å². The molecule has 5 rings (SSSR count). The van der Waals surface area contributed by atoms with Crippen molar-refractivity contribution >= 4 is 23.4 Å². The lowest BCUT2D eigenvalue weighted by molar-refractivity contribution is 0.840. The minimum atomic E-state index is 0.346. The van der Waals surface area contributed by atoms with Crippen LogP contribution in [0.15, 0.2) is 70.4 Å². The molecule has 0 aliphatic carbocycles. The quantitative estimate of drug-likeness (QED) is 0.802. The van der Waals surface area contributed by atoms with E-state index in [2.05, 4.69) is 71.6 Å². The lowest BCUT2D eigenvalue weighted by Crippen LogP contribution is -2.12. The molecule has 0 saturated carbocycles. The predicted molar refractivity (Wildman–Crippen MR) is 117 cm³/mol. The van der Waals surface area contributed by atoms with Crippen molar-refractivity contribution in [2.45, 2.75) is 20.3 Å². The molecule has 1 N–H and O–H groups in total. The van der Waals surface area contributed by atoms with Gasteiger partial charge in [0.15, 0.2) is 0 Å². The number of nitrogens with one attached hydrogen (secondary N) is 1. The molecule has 0 spiro atoms. The number of amidine groups is 1. The van der Waals surface area contributed by atoms with E-state index in [9.17, 15) is 0 Å². The number of allylic oxidation sites excluding steroid dienone is 4. The molecule has 1 unspecified atom stereocenters. The van der Waals surface area contributed by atoms with E-state index in [1.54, 1.807) is 0 Å². The second kappa shape index (κ2) is 6.71. The van der Waals surface area contributed by atoms with Gasteiger partial charge in [-0.05, 0) is 47.8 Å². The number of aromatic nitrogens is 1. The number of hydrogen-bond acceptors (Lipinski definition) is 4. The average molecular weight is 366 g/mol. The first kappa shape index (κ1) is 16.9. The highest BCUT2D eigenvalue weighted by Crippen LogP contribution is 2.36. The van der Waals surface area contributed by atoms with Crippen molar-refractivity contribution < 1.29 is 0 Å². The summed E-state index contributed by atoms with van der Waals surface area (Å²) in [6.07, 6.45) is 13.3. The van der Waals surface area contributed by atoms with E-state index in [1.165, 1.54) is 22.3 Å². The zero-order valence-corrected chi connectivity index (χ0v) is 16.1. The molecule has 4 heterocycles. The van der Waals surface area contributed by atoms with Crippen molar-refractivity contribution in [1.82, 2.24) is 4.98 Å². The Morgan fingerprint density at radius 2 is 2.00 bits per heavy atom. The summed E-state index contributed by atoms with van der Waals surface area (Å²) in [5.41, 5.74) is 8.42. The molecule has 1 atom stereocenters. The van der Waals surface area contributed by atoms with Gasteiger partial charge in [0, 0.05) is 48.6 Å². The summed E-state index contributed by atoms with van der Waals surface area (Å²) < 4.78 is 0. The molecule has 138 valence electrons. The number of anilines is 1. The molecule has 28 heavy (non-hydrogen) atoms. The van der Waals surface area contributed by atoms with Crippen LogP contribution in [0.4, 0.5) is 5.82 Å². The van der Waals surface area contributed by atoms with Gasteiger partial charge in [-0.1, -0.05) is 36.4 Å². The highest BCUT2D eigenvalue weighted by Gasteiger charge is 2.21. The van der Waals surface area contributed by atoms with Crippen molar-refractivity contribution in [2.75, 3.05) is 11.9 Å². The van der Waals surface area contributed by atoms with Gasteiger partial charge in [0.05, 0.1) is 0 Å². The number of nitrogens with zero attached hydrogens (tertiary/aromatic N) is 3. The van der Waals surface area contributed by atoms with E-state index in [0.29, 0.717) is 5.92 Å². The standard InChI is InChI=1S/C24H22N4/c1-15-4-3-5-16(2)23(15)19-12-21-20(7-9-26-24(21)28-14-19)18-10-17-6-8-25-22(11-17)27-13-18/h3-8,10,12-14,17H,9,11H2,1-2H3,(H,26,28). The van der Waals surface area contributed by atoms with Gasteiger partial charge in [0.1, 0.15) is 11.7 Å². The first-order chi connectivity index (χ1) is 13.7. The number of rotatable bonds is 2. The summed E-state index contributed by atoms with van der Waals surface area (Å²) in [5, 5.41) is 3.40. The molecule has 1 aromatic heterocycles. The normalized spacial score (nSPS) is 19.8. The van der Waals surface area contributed by atoms with Gasteiger partial charge in [-0.25, -0.2) is 15.0 Å². The maximum absolute atomic E-state index is 4.75. The van der Waals surface area contributed by atoms with Crippen LogP contribution in [-0.2, 0) is 0 Å². The number of aliphatic imine (C=N–C) groups is 2. The smallest absolute Gasteiger partial charge is 0.134 e. The van der Waals surface area contributed by atoms with Crippen LogP contribution in [-0.4, -0.2) is 23.6 Å². The Labute approximate surface area is 165 Å². The highest BCUT2D eigenvalue weighted by molar-refractivity contribution is 6.08. The molecule has 0 fully saturated rings. The zero-order chi connectivity index (χ0) is 19.1. The molecule has 3 aliphatic heterocycles. The van der Waals surface area contributed by atoms with Crippen molar-refractivity contribution in [2.24, 2.45) is 15.9 Å². The van der Waals surface area contributed by atoms with E-state index >= 15 is 0 Å².